The number of hydrogen-bond donors (Lipinski definition) is 1. The third-order valence-electron chi connectivity index (χ3n) is 5.66. The average Bonchev–Trinajstić information content (AvgIpc) is 3.02. The number of nitrogens with zero attached hydrogens (tertiary/aromatic N) is 2. The molecular formula is C22H25N3O. The van der Waals surface area contributed by atoms with Crippen LogP contribution in [0.25, 0.3) is 0 Å². The minimum atomic E-state index is 0.00290. The van der Waals surface area contributed by atoms with Crippen LogP contribution >= 0.6 is 0 Å². The van der Waals surface area contributed by atoms with Gasteiger partial charge in [0.05, 0.1) is 17.7 Å². The highest BCUT2D eigenvalue weighted by Crippen LogP contribution is 2.39. The maximum Gasteiger partial charge on any atom is 0.140 e. The molecule has 2 aliphatic rings. The summed E-state index contributed by atoms with van der Waals surface area (Å²) in [5.74, 6) is 0.858. The van der Waals surface area contributed by atoms with Crippen LogP contribution in [0.15, 0.2) is 42.5 Å². The summed E-state index contributed by atoms with van der Waals surface area (Å²) in [4.78, 5) is 2.51. The first kappa shape index (κ1) is 17.1. The molecule has 134 valence electrons. The van der Waals surface area contributed by atoms with E-state index in [0.717, 1.165) is 43.7 Å². The first-order valence-corrected chi connectivity index (χ1v) is 9.40. The average molecular weight is 347 g/mol. The molecule has 2 N–H and O–H groups in total. The minimum Gasteiger partial charge on any atom is -0.484 e. The summed E-state index contributed by atoms with van der Waals surface area (Å²) >= 11 is 0. The van der Waals surface area contributed by atoms with E-state index in [1.165, 1.54) is 11.1 Å². The van der Waals surface area contributed by atoms with Crippen molar-refractivity contribution in [3.05, 3.63) is 64.7 Å². The van der Waals surface area contributed by atoms with Crippen LogP contribution in [0, 0.1) is 18.3 Å². The van der Waals surface area contributed by atoms with Crippen LogP contribution in [-0.4, -0.2) is 30.1 Å². The van der Waals surface area contributed by atoms with Gasteiger partial charge in [0, 0.05) is 12.6 Å². The van der Waals surface area contributed by atoms with Gasteiger partial charge in [-0.1, -0.05) is 24.3 Å². The molecule has 0 unspecified atom stereocenters. The summed E-state index contributed by atoms with van der Waals surface area (Å²) in [6, 6.07) is 17.0. The van der Waals surface area contributed by atoms with E-state index in [1.807, 2.05) is 25.1 Å². The molecule has 1 aliphatic carbocycles. The summed E-state index contributed by atoms with van der Waals surface area (Å²) in [7, 11) is 0. The normalized spacial score (nSPS) is 25.5. The second kappa shape index (κ2) is 7.11. The van der Waals surface area contributed by atoms with E-state index in [-0.39, 0.29) is 12.1 Å². The largest absolute Gasteiger partial charge is 0.484 e. The van der Waals surface area contributed by atoms with E-state index in [9.17, 15) is 0 Å². The monoisotopic (exact) mass is 347 g/mol. The number of aryl methyl sites for hydroxylation is 1. The van der Waals surface area contributed by atoms with Crippen LogP contribution in [-0.2, 0) is 6.42 Å². The van der Waals surface area contributed by atoms with Crippen LogP contribution in [0.3, 0.4) is 0 Å². The molecule has 0 saturated carbocycles. The van der Waals surface area contributed by atoms with Gasteiger partial charge in [0.25, 0.3) is 0 Å². The van der Waals surface area contributed by atoms with Crippen molar-refractivity contribution in [2.75, 3.05) is 13.1 Å². The fourth-order valence-corrected chi connectivity index (χ4v) is 4.33. The number of fused-ring (bicyclic) bond motifs is 1. The summed E-state index contributed by atoms with van der Waals surface area (Å²) in [5.41, 5.74) is 10.6. The molecule has 4 heteroatoms. The van der Waals surface area contributed by atoms with Crippen molar-refractivity contribution >= 4 is 0 Å². The molecule has 2 aromatic carbocycles. The molecule has 1 heterocycles. The van der Waals surface area contributed by atoms with Crippen LogP contribution in [0.1, 0.15) is 41.2 Å². The molecule has 3 atom stereocenters. The lowest BCUT2D eigenvalue weighted by Gasteiger charge is -2.38. The Balaban J connectivity index is 1.64. The van der Waals surface area contributed by atoms with Gasteiger partial charge in [0.2, 0.25) is 0 Å². The number of nitriles is 1. The Hall–Kier alpha value is -2.35. The molecule has 1 aliphatic heterocycles. The highest BCUT2D eigenvalue weighted by molar-refractivity contribution is 5.43. The van der Waals surface area contributed by atoms with Crippen molar-refractivity contribution in [3.8, 4) is 11.8 Å². The number of nitrogens with two attached hydrogens (primary N) is 1. The van der Waals surface area contributed by atoms with Crippen molar-refractivity contribution in [2.45, 2.75) is 44.4 Å². The lowest BCUT2D eigenvalue weighted by molar-refractivity contribution is 0.0589. The van der Waals surface area contributed by atoms with Crippen molar-refractivity contribution in [3.63, 3.8) is 0 Å². The van der Waals surface area contributed by atoms with Gasteiger partial charge in [-0.25, -0.2) is 0 Å². The first-order chi connectivity index (χ1) is 12.7. The van der Waals surface area contributed by atoms with Crippen molar-refractivity contribution in [1.82, 2.24) is 4.90 Å². The predicted molar refractivity (Wildman–Crippen MR) is 102 cm³/mol. The van der Waals surface area contributed by atoms with Gasteiger partial charge in [0.1, 0.15) is 11.9 Å². The number of likely N-dealkylation sites (tertiary alicyclic amines) is 1. The molecule has 2 aromatic rings. The molecule has 0 aromatic heterocycles. The lowest BCUT2D eigenvalue weighted by atomic mass is 10.0. The zero-order valence-electron chi connectivity index (χ0n) is 15.2. The number of benzene rings is 2. The second-order valence-electron chi connectivity index (χ2n) is 7.50. The van der Waals surface area contributed by atoms with Gasteiger partial charge >= 0.3 is 0 Å². The number of hydrogen-bond acceptors (Lipinski definition) is 4. The zero-order valence-corrected chi connectivity index (χ0v) is 15.2. The maximum absolute atomic E-state index is 9.10. The maximum atomic E-state index is 9.10. The summed E-state index contributed by atoms with van der Waals surface area (Å²) in [6.45, 7) is 4.02. The molecule has 0 amide bonds. The summed E-state index contributed by atoms with van der Waals surface area (Å²) in [5, 5.41) is 9.10. The van der Waals surface area contributed by atoms with Gasteiger partial charge in [-0.15, -0.1) is 0 Å². The van der Waals surface area contributed by atoms with Gasteiger partial charge in [-0.2, -0.15) is 5.26 Å². The van der Waals surface area contributed by atoms with Crippen LogP contribution in [0.4, 0.5) is 0 Å². The molecule has 0 bridgehead atoms. The van der Waals surface area contributed by atoms with Gasteiger partial charge in [-0.3, -0.25) is 4.90 Å². The lowest BCUT2D eigenvalue weighted by Crippen LogP contribution is -2.49. The van der Waals surface area contributed by atoms with E-state index < -0.39 is 0 Å². The van der Waals surface area contributed by atoms with Gasteiger partial charge in [-0.05, 0) is 67.6 Å². The topological polar surface area (TPSA) is 62.3 Å². The Morgan fingerprint density at radius 1 is 1.23 bits per heavy atom. The van der Waals surface area contributed by atoms with Gasteiger partial charge < -0.3 is 10.5 Å². The second-order valence-corrected chi connectivity index (χ2v) is 7.50. The number of rotatable bonds is 3. The third-order valence-corrected chi connectivity index (χ3v) is 5.66. The highest BCUT2D eigenvalue weighted by Gasteiger charge is 2.39. The van der Waals surface area contributed by atoms with E-state index in [2.05, 4.69) is 35.2 Å². The summed E-state index contributed by atoms with van der Waals surface area (Å²) in [6.07, 6.45) is 3.26. The van der Waals surface area contributed by atoms with Gasteiger partial charge in [0.15, 0.2) is 0 Å². The zero-order chi connectivity index (χ0) is 18.1. The van der Waals surface area contributed by atoms with Crippen molar-refractivity contribution in [1.29, 1.82) is 5.26 Å². The third kappa shape index (κ3) is 3.21. The SMILES string of the molecule is Cc1cc(C#N)ccc1O[C@@H]1c2ccccc2C[C@H]1N1CCC[C@H](N)C1. The molecule has 0 radical (unpaired) electrons. The Kier molecular flexibility index (Phi) is 4.67. The molecule has 0 spiro atoms. The minimum absolute atomic E-state index is 0.00290. The molecule has 1 saturated heterocycles. The predicted octanol–water partition coefficient (Wildman–Crippen LogP) is 3.33. The molecule has 1 fully saturated rings. The highest BCUT2D eigenvalue weighted by atomic mass is 16.5. The Labute approximate surface area is 155 Å². The van der Waals surface area contributed by atoms with E-state index in [1.54, 1.807) is 0 Å². The Morgan fingerprint density at radius 2 is 2.08 bits per heavy atom. The molecule has 26 heavy (non-hydrogen) atoms. The summed E-state index contributed by atoms with van der Waals surface area (Å²) < 4.78 is 6.54. The standard InChI is InChI=1S/C22H25N3O/c1-15-11-16(13-23)8-9-21(15)26-22-19-7-3-2-5-17(19)12-20(22)25-10-4-6-18(24)14-25/h2-3,5,7-9,11,18,20,22H,4,6,10,12,14,24H2,1H3/t18-,20+,22+/m0/s1. The first-order valence-electron chi connectivity index (χ1n) is 9.40. The fourth-order valence-electron chi connectivity index (χ4n) is 4.33. The molecular weight excluding hydrogens is 322 g/mol. The molecule has 4 rings (SSSR count). The Morgan fingerprint density at radius 3 is 2.85 bits per heavy atom. The number of ether oxygens (including phenoxy) is 1. The van der Waals surface area contributed by atoms with Crippen LogP contribution in [0.2, 0.25) is 0 Å². The van der Waals surface area contributed by atoms with E-state index in [0.29, 0.717) is 11.6 Å². The number of piperidine rings is 1. The van der Waals surface area contributed by atoms with Crippen LogP contribution in [0.5, 0.6) is 5.75 Å². The van der Waals surface area contributed by atoms with E-state index in [4.69, 9.17) is 15.7 Å². The van der Waals surface area contributed by atoms with E-state index >= 15 is 0 Å². The Bertz CT molecular complexity index is 842. The molecule has 4 nitrogen and oxygen atoms in total. The quantitative estimate of drug-likeness (QED) is 0.925. The van der Waals surface area contributed by atoms with Crippen LogP contribution < -0.4 is 10.5 Å². The van der Waals surface area contributed by atoms with Crippen molar-refractivity contribution in [2.24, 2.45) is 5.73 Å². The van der Waals surface area contributed by atoms with Crippen molar-refractivity contribution < 1.29 is 4.74 Å². The fraction of sp³-hybridized carbons (Fsp3) is 0.409. The smallest absolute Gasteiger partial charge is 0.140 e.